The van der Waals surface area contributed by atoms with Gasteiger partial charge in [-0.25, -0.2) is 27.9 Å². The Balaban J connectivity index is 1.70. The largest absolute Gasteiger partial charge is 0.494 e. The van der Waals surface area contributed by atoms with Gasteiger partial charge in [-0.2, -0.15) is 0 Å². The van der Waals surface area contributed by atoms with Crippen LogP contribution in [0.1, 0.15) is 48.8 Å². The van der Waals surface area contributed by atoms with Crippen LogP contribution in [-0.4, -0.2) is 46.7 Å². The van der Waals surface area contributed by atoms with Gasteiger partial charge < -0.3 is 10.5 Å². The zero-order valence-corrected chi connectivity index (χ0v) is 24.1. The van der Waals surface area contributed by atoms with E-state index < -0.39 is 15.7 Å². The topological polar surface area (TPSA) is 147 Å². The van der Waals surface area contributed by atoms with Crippen molar-refractivity contribution in [1.82, 2.24) is 19.5 Å². The number of nitrogens with zero attached hydrogens (tertiary/aromatic N) is 4. The molecule has 2 heterocycles. The van der Waals surface area contributed by atoms with E-state index in [0.29, 0.717) is 41.1 Å². The highest BCUT2D eigenvalue weighted by molar-refractivity contribution is 7.91. The summed E-state index contributed by atoms with van der Waals surface area (Å²) in [4.78, 5) is 38.5. The number of carbonyl (C=O) groups is 1. The Hall–Kier alpha value is -4.38. The summed E-state index contributed by atoms with van der Waals surface area (Å²) in [5, 5.41) is 0. The highest BCUT2D eigenvalue weighted by Gasteiger charge is 2.21. The number of rotatable bonds is 12. The van der Waals surface area contributed by atoms with Gasteiger partial charge in [0, 0.05) is 24.0 Å². The van der Waals surface area contributed by atoms with E-state index in [1.165, 1.54) is 30.1 Å². The monoisotopic (exact) mass is 575 g/mol. The number of aromatic nitrogens is 4. The van der Waals surface area contributed by atoms with Gasteiger partial charge in [-0.1, -0.05) is 55.8 Å². The zero-order valence-electron chi connectivity index (χ0n) is 23.3. The molecule has 0 aliphatic carbocycles. The molecular weight excluding hydrogens is 542 g/mol. The predicted octanol–water partition coefficient (Wildman–Crippen LogP) is 3.59. The molecule has 0 aliphatic heterocycles. The first-order valence-electron chi connectivity index (χ1n) is 13.3. The summed E-state index contributed by atoms with van der Waals surface area (Å²) < 4.78 is 32.4. The molecule has 0 saturated heterocycles. The maximum Gasteiger partial charge on any atom is 0.264 e. The van der Waals surface area contributed by atoms with Crippen LogP contribution in [0.2, 0.25) is 0 Å². The Labute approximate surface area is 239 Å². The minimum absolute atomic E-state index is 0.140. The molecule has 10 nitrogen and oxygen atoms in total. The van der Waals surface area contributed by atoms with Crippen molar-refractivity contribution in [2.45, 2.75) is 50.8 Å². The first-order chi connectivity index (χ1) is 19.6. The number of primary amides is 1. The van der Waals surface area contributed by atoms with Crippen LogP contribution in [0.5, 0.6) is 5.75 Å². The molecule has 2 aromatic carbocycles. The fourth-order valence-electron chi connectivity index (χ4n) is 4.54. The molecule has 0 atom stereocenters. The van der Waals surface area contributed by atoms with Crippen molar-refractivity contribution in [3.8, 4) is 22.8 Å². The van der Waals surface area contributed by atoms with Crippen molar-refractivity contribution in [1.29, 1.82) is 0 Å². The molecule has 0 bridgehead atoms. The highest BCUT2D eigenvalue weighted by Crippen LogP contribution is 2.29. The summed E-state index contributed by atoms with van der Waals surface area (Å²) in [6.45, 7) is 3.85. The van der Waals surface area contributed by atoms with Gasteiger partial charge in [-0.3, -0.25) is 9.59 Å². The standard InChI is InChI=1S/C30H33N5O5S/c1-4-5-9-26-25(29(37)35(20(2)34-26)30-32-18-23(40-3)19-33-30)17-21-11-13-22(14-12-21)24-8-6-7-10-27(24)41(38,39)16-15-28(31)36/h6-8,10-14,18-19H,4-5,9,15-17H2,1-3H3,(H2,31,36). The zero-order chi connectivity index (χ0) is 29.6. The number of nitrogens with two attached hydrogens (primary N) is 1. The van der Waals surface area contributed by atoms with Crippen molar-refractivity contribution in [2.75, 3.05) is 12.9 Å². The van der Waals surface area contributed by atoms with Crippen LogP contribution in [0.4, 0.5) is 0 Å². The lowest BCUT2D eigenvalue weighted by molar-refractivity contribution is -0.117. The molecule has 0 unspecified atom stereocenters. The lowest BCUT2D eigenvalue weighted by atomic mass is 9.98. The molecule has 2 aromatic heterocycles. The van der Waals surface area contributed by atoms with Crippen LogP contribution in [0.3, 0.4) is 0 Å². The summed E-state index contributed by atoms with van der Waals surface area (Å²) >= 11 is 0. The minimum atomic E-state index is -3.73. The Morgan fingerprint density at radius 3 is 2.37 bits per heavy atom. The number of benzene rings is 2. The number of unbranched alkanes of at least 4 members (excludes halogenated alkanes) is 1. The lowest BCUT2D eigenvalue weighted by Gasteiger charge is -2.15. The molecule has 0 spiro atoms. The van der Waals surface area contributed by atoms with Gasteiger partial charge in [0.05, 0.1) is 35.8 Å². The second kappa shape index (κ2) is 12.9. The van der Waals surface area contributed by atoms with E-state index in [1.807, 2.05) is 24.3 Å². The first kappa shape index (κ1) is 29.6. The molecular formula is C30H33N5O5S. The van der Waals surface area contributed by atoms with Gasteiger partial charge in [-0.05, 0) is 37.0 Å². The van der Waals surface area contributed by atoms with E-state index >= 15 is 0 Å². The molecule has 0 fully saturated rings. The summed E-state index contributed by atoms with van der Waals surface area (Å²) in [6.07, 6.45) is 5.61. The number of aryl methyl sites for hydroxylation is 2. The Morgan fingerprint density at radius 2 is 1.73 bits per heavy atom. The fraction of sp³-hybridized carbons (Fsp3) is 0.300. The third-order valence-electron chi connectivity index (χ3n) is 6.73. The predicted molar refractivity (Wildman–Crippen MR) is 156 cm³/mol. The highest BCUT2D eigenvalue weighted by atomic mass is 32.2. The van der Waals surface area contributed by atoms with Gasteiger partial charge in [0.25, 0.3) is 5.56 Å². The van der Waals surface area contributed by atoms with Crippen LogP contribution in [0.15, 0.2) is 70.6 Å². The third kappa shape index (κ3) is 6.86. The number of amides is 1. The fourth-order valence-corrected chi connectivity index (χ4v) is 6.04. The van der Waals surface area contributed by atoms with Crippen molar-refractivity contribution >= 4 is 15.7 Å². The average molecular weight is 576 g/mol. The van der Waals surface area contributed by atoms with E-state index in [0.717, 1.165) is 24.1 Å². The van der Waals surface area contributed by atoms with Crippen molar-refractivity contribution in [3.05, 3.63) is 93.9 Å². The molecule has 214 valence electrons. The first-order valence-corrected chi connectivity index (χ1v) is 15.0. The van der Waals surface area contributed by atoms with Crippen molar-refractivity contribution < 1.29 is 17.9 Å². The Kier molecular flexibility index (Phi) is 9.28. The number of hydrogen-bond acceptors (Lipinski definition) is 8. The number of carbonyl (C=O) groups excluding carboxylic acids is 1. The lowest BCUT2D eigenvalue weighted by Crippen LogP contribution is -2.29. The average Bonchev–Trinajstić information content (AvgIpc) is 2.97. The van der Waals surface area contributed by atoms with E-state index in [1.54, 1.807) is 25.1 Å². The van der Waals surface area contributed by atoms with E-state index in [-0.39, 0.29) is 28.6 Å². The van der Waals surface area contributed by atoms with Crippen LogP contribution >= 0.6 is 0 Å². The number of sulfone groups is 1. The smallest absolute Gasteiger partial charge is 0.264 e. The summed E-state index contributed by atoms with van der Waals surface area (Å²) in [6, 6.07) is 14.1. The normalized spacial score (nSPS) is 11.4. The maximum atomic E-state index is 13.8. The van der Waals surface area contributed by atoms with Gasteiger partial charge in [0.1, 0.15) is 5.82 Å². The molecule has 11 heteroatoms. The van der Waals surface area contributed by atoms with Crippen molar-refractivity contribution in [3.63, 3.8) is 0 Å². The summed E-state index contributed by atoms with van der Waals surface area (Å²) in [7, 11) is -2.21. The SMILES string of the molecule is CCCCc1nc(C)n(-c2ncc(OC)cn2)c(=O)c1Cc1ccc(-c2ccccc2S(=O)(=O)CCC(N)=O)cc1. The second-order valence-electron chi connectivity index (χ2n) is 9.66. The molecule has 0 radical (unpaired) electrons. The van der Waals surface area contributed by atoms with Gasteiger partial charge in [0.2, 0.25) is 11.9 Å². The summed E-state index contributed by atoms with van der Waals surface area (Å²) in [5.74, 6) is 0.169. The van der Waals surface area contributed by atoms with E-state index in [2.05, 4.69) is 16.9 Å². The molecule has 1 amide bonds. The van der Waals surface area contributed by atoms with Crippen LogP contribution < -0.4 is 16.0 Å². The quantitative estimate of drug-likeness (QED) is 0.270. The van der Waals surface area contributed by atoms with Gasteiger partial charge in [-0.15, -0.1) is 0 Å². The van der Waals surface area contributed by atoms with Gasteiger partial charge >= 0.3 is 0 Å². The number of ether oxygens (including phenoxy) is 1. The summed E-state index contributed by atoms with van der Waals surface area (Å²) in [5.41, 5.74) is 8.34. The molecule has 41 heavy (non-hydrogen) atoms. The van der Waals surface area contributed by atoms with Crippen molar-refractivity contribution in [2.24, 2.45) is 5.73 Å². The molecule has 0 saturated carbocycles. The maximum absolute atomic E-state index is 13.8. The molecule has 4 aromatic rings. The molecule has 4 rings (SSSR count). The third-order valence-corrected chi connectivity index (χ3v) is 8.50. The van der Waals surface area contributed by atoms with E-state index in [9.17, 15) is 18.0 Å². The minimum Gasteiger partial charge on any atom is -0.494 e. The van der Waals surface area contributed by atoms with Crippen LogP contribution in [0, 0.1) is 6.92 Å². The Morgan fingerprint density at radius 1 is 1.05 bits per heavy atom. The number of hydrogen-bond donors (Lipinski definition) is 1. The Bertz CT molecular complexity index is 1700. The molecule has 0 aliphatic rings. The van der Waals surface area contributed by atoms with E-state index in [4.69, 9.17) is 15.5 Å². The van der Waals surface area contributed by atoms with Crippen LogP contribution in [0.25, 0.3) is 17.1 Å². The number of methoxy groups -OCH3 is 1. The molecule has 2 N–H and O–H groups in total. The second-order valence-corrected chi connectivity index (χ2v) is 11.7. The van der Waals surface area contributed by atoms with Gasteiger partial charge in [0.15, 0.2) is 15.6 Å². The van der Waals surface area contributed by atoms with Crippen LogP contribution in [-0.2, 0) is 27.5 Å².